The Kier molecular flexibility index (Phi) is 4.76. The van der Waals surface area contributed by atoms with E-state index in [0.717, 1.165) is 17.7 Å². The lowest BCUT2D eigenvalue weighted by Crippen LogP contribution is -2.35. The van der Waals surface area contributed by atoms with E-state index in [1.54, 1.807) is 6.07 Å². The number of halogens is 3. The zero-order valence-electron chi connectivity index (χ0n) is 14.4. The van der Waals surface area contributed by atoms with Crippen LogP contribution < -0.4 is 4.74 Å². The highest BCUT2D eigenvalue weighted by Gasteiger charge is 2.48. The number of carbonyl (C=O) groups is 2. The Labute approximate surface area is 163 Å². The smallest absolute Gasteiger partial charge is 0.387 e. The first-order valence-electron chi connectivity index (χ1n) is 8.64. The molecule has 4 rings (SSSR count). The SMILES string of the molecule is Cc1sc(-c2ccc(OC(F)F)cc2Cl)nc1C1C(=O)[C@@H]2CC[C@@H](C2)C1=O. The van der Waals surface area contributed by atoms with Crippen LogP contribution >= 0.6 is 22.9 Å². The van der Waals surface area contributed by atoms with Crippen LogP contribution in [0.15, 0.2) is 18.2 Å². The molecule has 3 atom stereocenters. The van der Waals surface area contributed by atoms with Gasteiger partial charge in [-0.15, -0.1) is 11.3 Å². The van der Waals surface area contributed by atoms with Crippen LogP contribution in [0.2, 0.25) is 5.02 Å². The van der Waals surface area contributed by atoms with Crippen LogP contribution in [-0.4, -0.2) is 23.2 Å². The quantitative estimate of drug-likeness (QED) is 0.662. The Morgan fingerprint density at radius 1 is 1.22 bits per heavy atom. The second-order valence-corrected chi connectivity index (χ2v) is 8.54. The number of aryl methyl sites for hydroxylation is 1. The minimum atomic E-state index is -2.93. The number of ketones is 2. The first kappa shape index (κ1) is 18.5. The average Bonchev–Trinajstić information content (AvgIpc) is 3.19. The highest BCUT2D eigenvalue weighted by atomic mass is 35.5. The van der Waals surface area contributed by atoms with Gasteiger partial charge < -0.3 is 4.74 Å². The van der Waals surface area contributed by atoms with Crippen molar-refractivity contribution < 1.29 is 23.1 Å². The van der Waals surface area contributed by atoms with Crippen LogP contribution in [0.4, 0.5) is 8.78 Å². The summed E-state index contributed by atoms with van der Waals surface area (Å²) in [4.78, 5) is 30.8. The zero-order chi connectivity index (χ0) is 19.3. The molecule has 2 aliphatic carbocycles. The van der Waals surface area contributed by atoms with E-state index >= 15 is 0 Å². The molecule has 0 spiro atoms. The van der Waals surface area contributed by atoms with Crippen LogP contribution in [0.3, 0.4) is 0 Å². The molecule has 1 aromatic heterocycles. The Balaban J connectivity index is 1.68. The summed E-state index contributed by atoms with van der Waals surface area (Å²) in [5.74, 6) is -0.975. The predicted octanol–water partition coefficient (Wildman–Crippen LogP) is 5.03. The Hall–Kier alpha value is -1.86. The third-order valence-electron chi connectivity index (χ3n) is 5.31. The maximum absolute atomic E-state index is 12.7. The summed E-state index contributed by atoms with van der Waals surface area (Å²) in [5.41, 5.74) is 1.06. The summed E-state index contributed by atoms with van der Waals surface area (Å²) >= 11 is 7.55. The molecule has 4 nitrogen and oxygen atoms in total. The fourth-order valence-corrected chi connectivity index (χ4v) is 5.32. The van der Waals surface area contributed by atoms with Gasteiger partial charge in [-0.1, -0.05) is 11.6 Å². The van der Waals surface area contributed by atoms with Crippen LogP contribution in [0.25, 0.3) is 10.6 Å². The van der Waals surface area contributed by atoms with Crippen molar-refractivity contribution in [1.82, 2.24) is 4.98 Å². The molecule has 0 amide bonds. The molecular formula is C19H16ClF2NO3S. The van der Waals surface area contributed by atoms with E-state index in [2.05, 4.69) is 9.72 Å². The lowest BCUT2D eigenvalue weighted by molar-refractivity contribution is -0.136. The van der Waals surface area contributed by atoms with E-state index in [4.69, 9.17) is 11.6 Å². The number of fused-ring (bicyclic) bond motifs is 2. The molecule has 1 heterocycles. The largest absolute Gasteiger partial charge is 0.435 e. The standard InChI is InChI=1S/C19H16ClF2NO3S/c1-8-15(14-16(24)9-2-3-10(6-9)17(14)25)23-18(27-8)12-5-4-11(7-13(12)20)26-19(21)22/h4-5,7,9-10,14,19H,2-3,6H2,1H3/t9-,10+,14?. The monoisotopic (exact) mass is 411 g/mol. The molecule has 8 heteroatoms. The van der Waals surface area contributed by atoms with E-state index < -0.39 is 12.5 Å². The van der Waals surface area contributed by atoms with Crippen LogP contribution in [0, 0.1) is 18.8 Å². The first-order valence-corrected chi connectivity index (χ1v) is 9.84. The fraction of sp³-hybridized carbons (Fsp3) is 0.421. The highest BCUT2D eigenvalue weighted by Crippen LogP contribution is 2.46. The lowest BCUT2D eigenvalue weighted by Gasteiger charge is -2.24. The number of hydrogen-bond acceptors (Lipinski definition) is 5. The second kappa shape index (κ2) is 6.95. The van der Waals surface area contributed by atoms with E-state index in [1.165, 1.54) is 23.5 Å². The maximum Gasteiger partial charge on any atom is 0.387 e. The minimum Gasteiger partial charge on any atom is -0.435 e. The molecular weight excluding hydrogens is 396 g/mol. The number of nitrogens with zero attached hydrogens (tertiary/aromatic N) is 1. The topological polar surface area (TPSA) is 56.3 Å². The van der Waals surface area contributed by atoms with Crippen LogP contribution in [-0.2, 0) is 9.59 Å². The normalized spacial score (nSPS) is 24.7. The molecule has 2 saturated carbocycles. The molecule has 0 radical (unpaired) electrons. The molecule has 0 saturated heterocycles. The molecule has 27 heavy (non-hydrogen) atoms. The van der Waals surface area contributed by atoms with E-state index in [9.17, 15) is 18.4 Å². The third-order valence-corrected chi connectivity index (χ3v) is 6.64. The summed E-state index contributed by atoms with van der Waals surface area (Å²) in [6.07, 6.45) is 2.22. The number of hydrogen-bond donors (Lipinski definition) is 0. The molecule has 0 N–H and O–H groups in total. The molecule has 142 valence electrons. The van der Waals surface area contributed by atoms with E-state index in [1.807, 2.05) is 6.92 Å². The Morgan fingerprint density at radius 3 is 2.48 bits per heavy atom. The number of rotatable bonds is 4. The second-order valence-electron chi connectivity index (χ2n) is 6.93. The number of carbonyl (C=O) groups excluding carboxylic acids is 2. The molecule has 2 aliphatic rings. The van der Waals surface area contributed by atoms with Crippen molar-refractivity contribution in [3.63, 3.8) is 0 Å². The summed E-state index contributed by atoms with van der Waals surface area (Å²) in [5, 5.41) is 0.768. The van der Waals surface area contributed by atoms with Gasteiger partial charge in [0.2, 0.25) is 0 Å². The van der Waals surface area contributed by atoms with Gasteiger partial charge in [0.25, 0.3) is 0 Å². The molecule has 0 aliphatic heterocycles. The van der Waals surface area contributed by atoms with Crippen molar-refractivity contribution in [3.8, 4) is 16.3 Å². The fourth-order valence-electron chi connectivity index (χ4n) is 4.02. The van der Waals surface area contributed by atoms with Crippen molar-refractivity contribution in [2.24, 2.45) is 11.8 Å². The number of Topliss-reactive ketones (excluding diaryl/α,β-unsaturated/α-hetero) is 2. The number of alkyl halides is 2. The first-order chi connectivity index (χ1) is 12.8. The van der Waals surface area contributed by atoms with E-state index in [0.29, 0.717) is 22.7 Å². The summed E-state index contributed by atoms with van der Waals surface area (Å²) in [6.45, 7) is -1.10. The van der Waals surface area contributed by atoms with Crippen molar-refractivity contribution in [3.05, 3.63) is 33.8 Å². The molecule has 1 aromatic carbocycles. The van der Waals surface area contributed by atoms with Gasteiger partial charge in [-0.2, -0.15) is 8.78 Å². The molecule has 2 aromatic rings. The van der Waals surface area contributed by atoms with Gasteiger partial charge in [0.1, 0.15) is 16.7 Å². The van der Waals surface area contributed by atoms with Gasteiger partial charge in [0.15, 0.2) is 11.6 Å². The van der Waals surface area contributed by atoms with Crippen molar-refractivity contribution in [2.45, 2.75) is 38.7 Å². The van der Waals surface area contributed by atoms with Gasteiger partial charge in [0.05, 0.1) is 10.7 Å². The van der Waals surface area contributed by atoms with Crippen molar-refractivity contribution in [2.75, 3.05) is 0 Å². The van der Waals surface area contributed by atoms with Gasteiger partial charge in [-0.3, -0.25) is 9.59 Å². The Morgan fingerprint density at radius 2 is 1.89 bits per heavy atom. The maximum atomic E-state index is 12.7. The van der Waals surface area contributed by atoms with Crippen molar-refractivity contribution >= 4 is 34.5 Å². The number of benzene rings is 1. The van der Waals surface area contributed by atoms with Crippen molar-refractivity contribution in [1.29, 1.82) is 0 Å². The zero-order valence-corrected chi connectivity index (χ0v) is 15.9. The average molecular weight is 412 g/mol. The highest BCUT2D eigenvalue weighted by molar-refractivity contribution is 7.15. The Bertz CT molecular complexity index is 908. The number of aromatic nitrogens is 1. The summed E-state index contributed by atoms with van der Waals surface area (Å²) in [7, 11) is 0. The number of ether oxygens (including phenoxy) is 1. The molecule has 1 unspecified atom stereocenters. The van der Waals surface area contributed by atoms with E-state index in [-0.39, 0.29) is 34.2 Å². The minimum absolute atomic E-state index is 0.0273. The van der Waals surface area contributed by atoms with Crippen LogP contribution in [0.1, 0.15) is 35.8 Å². The lowest BCUT2D eigenvalue weighted by atomic mass is 9.77. The van der Waals surface area contributed by atoms with Gasteiger partial charge in [0, 0.05) is 22.3 Å². The van der Waals surface area contributed by atoms with Gasteiger partial charge in [-0.25, -0.2) is 4.98 Å². The third kappa shape index (κ3) is 3.27. The van der Waals surface area contributed by atoms with Gasteiger partial charge in [-0.05, 0) is 44.4 Å². The summed E-state index contributed by atoms with van der Waals surface area (Å²) < 4.78 is 29.0. The summed E-state index contributed by atoms with van der Waals surface area (Å²) in [6, 6.07) is 4.24. The predicted molar refractivity (Wildman–Crippen MR) is 97.5 cm³/mol. The molecule has 2 fully saturated rings. The molecule has 2 bridgehead atoms. The van der Waals surface area contributed by atoms with Gasteiger partial charge >= 0.3 is 6.61 Å². The number of thiazole rings is 1. The van der Waals surface area contributed by atoms with Crippen LogP contribution in [0.5, 0.6) is 5.75 Å².